The van der Waals surface area contributed by atoms with Gasteiger partial charge in [-0.05, 0) is 128 Å². The normalized spacial score (nSPS) is 30.0. The average molecular weight is 790 g/mol. The number of nitrogens with two attached hydrogens (primary N) is 4. The van der Waals surface area contributed by atoms with Crippen LogP contribution < -0.4 is 22.9 Å². The second-order valence-corrected chi connectivity index (χ2v) is 18.8. The average Bonchev–Trinajstić information content (AvgIpc) is 3.51. The molecule has 3 saturated carbocycles. The Bertz CT molecular complexity index is 1620. The van der Waals surface area contributed by atoms with Crippen LogP contribution in [0.15, 0.2) is 50.9 Å². The summed E-state index contributed by atoms with van der Waals surface area (Å²) in [6.45, 7) is 12.9. The predicted octanol–water partition coefficient (Wildman–Crippen LogP) is 7.63. The standard InChI is InChI=1S/C45H71N7O3S/c1-28(2)9-8-10-29(3)35-18-19-36-34-17-16-32-25-33(20-22-44(32,4)37(34)21-23-45(35,36)5)55-41(54)31-14-12-30(13-15-31)26-51-39(27-56)40(53)38(52-43(48)49)11-6-7-24-50-42(46)47/h12-16,26,28-29,33-39,56H,6-11,17-25,27H2,1-5H3,(H4,46,47,50)(H4,48,49,52). The van der Waals surface area contributed by atoms with E-state index < -0.39 is 12.1 Å². The molecule has 56 heavy (non-hydrogen) atoms. The molecule has 310 valence electrons. The molecule has 0 bridgehead atoms. The third kappa shape index (κ3) is 10.4. The number of esters is 1. The number of thiol groups is 1. The largest absolute Gasteiger partial charge is 0.458 e. The van der Waals surface area contributed by atoms with E-state index in [1.807, 2.05) is 12.1 Å². The van der Waals surface area contributed by atoms with E-state index in [-0.39, 0.29) is 40.9 Å². The maximum Gasteiger partial charge on any atom is 0.338 e. The number of allylic oxidation sites excluding steroid dienone is 1. The van der Waals surface area contributed by atoms with Gasteiger partial charge in [0.2, 0.25) is 0 Å². The topological polar surface area (TPSA) is 185 Å². The van der Waals surface area contributed by atoms with Crippen molar-refractivity contribution in [2.45, 2.75) is 143 Å². The van der Waals surface area contributed by atoms with Crippen molar-refractivity contribution in [1.29, 1.82) is 0 Å². The molecule has 0 heterocycles. The number of rotatable bonds is 18. The zero-order chi connectivity index (χ0) is 40.6. The van der Waals surface area contributed by atoms with Crippen LogP contribution in [-0.4, -0.2) is 60.4 Å². The lowest BCUT2D eigenvalue weighted by atomic mass is 9.47. The van der Waals surface area contributed by atoms with Gasteiger partial charge in [0.15, 0.2) is 17.7 Å². The molecular formula is C45H71N7O3S. The van der Waals surface area contributed by atoms with E-state index in [1.165, 1.54) is 56.9 Å². The lowest BCUT2D eigenvalue weighted by molar-refractivity contribution is -0.121. The van der Waals surface area contributed by atoms with Gasteiger partial charge in [-0.2, -0.15) is 12.6 Å². The maximum atomic E-state index is 13.4. The molecule has 4 aliphatic carbocycles. The van der Waals surface area contributed by atoms with Gasteiger partial charge in [0.1, 0.15) is 18.2 Å². The van der Waals surface area contributed by atoms with Crippen molar-refractivity contribution in [3.05, 3.63) is 47.0 Å². The van der Waals surface area contributed by atoms with Gasteiger partial charge >= 0.3 is 5.97 Å². The molecule has 0 saturated heterocycles. The van der Waals surface area contributed by atoms with Crippen molar-refractivity contribution < 1.29 is 14.3 Å². The van der Waals surface area contributed by atoms with E-state index in [9.17, 15) is 9.59 Å². The second kappa shape index (κ2) is 19.4. The zero-order valence-corrected chi connectivity index (χ0v) is 35.7. The van der Waals surface area contributed by atoms with Crippen LogP contribution in [0.3, 0.4) is 0 Å². The Morgan fingerprint density at radius 3 is 2.32 bits per heavy atom. The van der Waals surface area contributed by atoms with E-state index in [0.717, 1.165) is 60.3 Å². The number of carbonyl (C=O) groups excluding carboxylic acids is 2. The number of hydrogen-bond acceptors (Lipinski definition) is 7. The first-order valence-electron chi connectivity index (χ1n) is 21.5. The smallest absolute Gasteiger partial charge is 0.338 e. The minimum Gasteiger partial charge on any atom is -0.458 e. The summed E-state index contributed by atoms with van der Waals surface area (Å²) in [6.07, 6.45) is 19.5. The summed E-state index contributed by atoms with van der Waals surface area (Å²) in [4.78, 5) is 39.4. The number of fused-ring (bicyclic) bond motifs is 5. The summed E-state index contributed by atoms with van der Waals surface area (Å²) in [5, 5.41) is 0. The fourth-order valence-electron chi connectivity index (χ4n) is 11.4. The van der Waals surface area contributed by atoms with Crippen LogP contribution in [0.25, 0.3) is 0 Å². The Labute approximate surface area is 342 Å². The van der Waals surface area contributed by atoms with Crippen LogP contribution >= 0.6 is 12.6 Å². The number of Topliss-reactive ketones (excluding diaryl/α,β-unsaturated/α-hetero) is 1. The Kier molecular flexibility index (Phi) is 15.2. The fraction of sp³-hybridized carbons (Fsp3) is 0.711. The molecule has 0 spiro atoms. The molecule has 11 heteroatoms. The van der Waals surface area contributed by atoms with Gasteiger partial charge in [0.05, 0.1) is 5.56 Å². The quantitative estimate of drug-likeness (QED) is 0.0253. The van der Waals surface area contributed by atoms with Crippen molar-refractivity contribution in [3.63, 3.8) is 0 Å². The van der Waals surface area contributed by atoms with Gasteiger partial charge in [0, 0.05) is 24.9 Å². The second-order valence-electron chi connectivity index (χ2n) is 18.4. The summed E-state index contributed by atoms with van der Waals surface area (Å²) < 4.78 is 6.16. The molecule has 0 aliphatic heterocycles. The van der Waals surface area contributed by atoms with Gasteiger partial charge in [-0.3, -0.25) is 14.8 Å². The number of aliphatic imine (C=N–C) groups is 3. The van der Waals surface area contributed by atoms with Gasteiger partial charge in [0.25, 0.3) is 0 Å². The Morgan fingerprint density at radius 2 is 1.64 bits per heavy atom. The number of ketones is 1. The summed E-state index contributed by atoms with van der Waals surface area (Å²) in [7, 11) is 0. The summed E-state index contributed by atoms with van der Waals surface area (Å²) >= 11 is 4.38. The molecule has 8 N–H and O–H groups in total. The van der Waals surface area contributed by atoms with Crippen LogP contribution in [0.5, 0.6) is 0 Å². The van der Waals surface area contributed by atoms with Crippen molar-refractivity contribution >= 4 is 42.5 Å². The molecule has 1 aromatic rings. The van der Waals surface area contributed by atoms with E-state index in [1.54, 1.807) is 18.3 Å². The first kappa shape index (κ1) is 43.8. The molecule has 10 unspecified atom stereocenters. The van der Waals surface area contributed by atoms with E-state index >= 15 is 0 Å². The Hall–Kier alpha value is -3.34. The predicted molar refractivity (Wildman–Crippen MR) is 233 cm³/mol. The van der Waals surface area contributed by atoms with Crippen molar-refractivity contribution in [2.24, 2.45) is 84.2 Å². The molecule has 3 fully saturated rings. The minimum absolute atomic E-state index is 0.0313. The van der Waals surface area contributed by atoms with E-state index in [4.69, 9.17) is 27.7 Å². The van der Waals surface area contributed by atoms with Crippen molar-refractivity contribution in [1.82, 2.24) is 0 Å². The molecule has 0 aromatic heterocycles. The number of nitrogens with zero attached hydrogens (tertiary/aromatic N) is 3. The number of unbranched alkanes of at least 4 members (excludes halogenated alkanes) is 1. The molecule has 5 rings (SSSR count). The van der Waals surface area contributed by atoms with E-state index in [0.29, 0.717) is 36.8 Å². The molecule has 10 nitrogen and oxygen atoms in total. The highest BCUT2D eigenvalue weighted by atomic mass is 32.1. The van der Waals surface area contributed by atoms with Crippen LogP contribution in [0.2, 0.25) is 0 Å². The summed E-state index contributed by atoms with van der Waals surface area (Å²) in [5.74, 6) is 4.39. The molecule has 4 aliphatic rings. The van der Waals surface area contributed by atoms with Crippen LogP contribution in [0.4, 0.5) is 0 Å². The number of ether oxygens (including phenoxy) is 1. The highest BCUT2D eigenvalue weighted by Crippen LogP contribution is 2.67. The molecule has 0 amide bonds. The van der Waals surface area contributed by atoms with Crippen LogP contribution in [-0.2, 0) is 9.53 Å². The fourth-order valence-corrected chi connectivity index (χ4v) is 11.7. The lowest BCUT2D eigenvalue weighted by Gasteiger charge is -2.58. The van der Waals surface area contributed by atoms with Gasteiger partial charge in [-0.15, -0.1) is 0 Å². The highest BCUT2D eigenvalue weighted by Gasteiger charge is 2.59. The van der Waals surface area contributed by atoms with Crippen LogP contribution in [0, 0.1) is 46.3 Å². The molecule has 0 radical (unpaired) electrons. The number of benzene rings is 1. The molecular weight excluding hydrogens is 719 g/mol. The maximum absolute atomic E-state index is 13.4. The highest BCUT2D eigenvalue weighted by molar-refractivity contribution is 7.80. The van der Waals surface area contributed by atoms with Gasteiger partial charge in [-0.1, -0.05) is 77.7 Å². The van der Waals surface area contributed by atoms with Gasteiger partial charge < -0.3 is 27.7 Å². The first-order valence-corrected chi connectivity index (χ1v) is 22.1. The lowest BCUT2D eigenvalue weighted by Crippen LogP contribution is -2.51. The van der Waals surface area contributed by atoms with Crippen molar-refractivity contribution in [3.8, 4) is 0 Å². The Morgan fingerprint density at radius 1 is 0.893 bits per heavy atom. The Balaban J connectivity index is 1.15. The molecule has 10 atom stereocenters. The number of carbonyl (C=O) groups is 2. The number of guanidine groups is 2. The summed E-state index contributed by atoms with van der Waals surface area (Å²) in [5.41, 5.74) is 25.5. The SMILES string of the molecule is CC(C)CCCC(C)C1CCC2C3CC=C4CC(OC(=O)c5ccc(C=NC(CS)C(=O)C(CCCCN=C(N)N)N=C(N)N)cc5)CCC4(C)C3CCC12C. The molecule has 1 aromatic carbocycles. The van der Waals surface area contributed by atoms with Gasteiger partial charge in [-0.25, -0.2) is 9.79 Å². The van der Waals surface area contributed by atoms with E-state index in [2.05, 4.69) is 68.3 Å². The third-order valence-electron chi connectivity index (χ3n) is 14.4. The summed E-state index contributed by atoms with van der Waals surface area (Å²) in [6, 6.07) is 5.67. The zero-order valence-electron chi connectivity index (χ0n) is 34.8. The third-order valence-corrected chi connectivity index (χ3v) is 14.7. The van der Waals surface area contributed by atoms with Crippen LogP contribution in [0.1, 0.15) is 140 Å². The first-order chi connectivity index (χ1) is 26.7. The van der Waals surface area contributed by atoms with Crippen molar-refractivity contribution in [2.75, 3.05) is 12.3 Å². The monoisotopic (exact) mass is 790 g/mol. The minimum atomic E-state index is -0.745. The number of hydrogen-bond donors (Lipinski definition) is 5.